The van der Waals surface area contributed by atoms with Gasteiger partial charge in [-0.25, -0.2) is 0 Å². The highest BCUT2D eigenvalue weighted by atomic mass is 16.5. The van der Waals surface area contributed by atoms with Crippen molar-refractivity contribution >= 4 is 11.8 Å². The summed E-state index contributed by atoms with van der Waals surface area (Å²) in [6, 6.07) is 9.51. The number of nitrogens with zero attached hydrogens (tertiary/aromatic N) is 1. The van der Waals surface area contributed by atoms with Crippen LogP contribution in [0.1, 0.15) is 19.3 Å². The molecule has 2 heterocycles. The van der Waals surface area contributed by atoms with Gasteiger partial charge in [0, 0.05) is 31.5 Å². The van der Waals surface area contributed by atoms with E-state index in [9.17, 15) is 9.59 Å². The van der Waals surface area contributed by atoms with Gasteiger partial charge in [0.2, 0.25) is 11.8 Å². The van der Waals surface area contributed by atoms with Crippen molar-refractivity contribution in [2.45, 2.75) is 19.3 Å². The summed E-state index contributed by atoms with van der Waals surface area (Å²) in [6.07, 6.45) is 1.85. The first kappa shape index (κ1) is 13.9. The summed E-state index contributed by atoms with van der Waals surface area (Å²) in [4.78, 5) is 25.4. The third-order valence-corrected chi connectivity index (χ3v) is 4.32. The molecule has 1 N–H and O–H groups in total. The molecule has 0 aliphatic carbocycles. The molecule has 2 aliphatic heterocycles. The van der Waals surface area contributed by atoms with Gasteiger partial charge in [-0.3, -0.25) is 9.59 Å². The lowest BCUT2D eigenvalue weighted by Gasteiger charge is -2.21. The second kappa shape index (κ2) is 5.76. The number of rotatable bonds is 4. The highest BCUT2D eigenvalue weighted by Crippen LogP contribution is 2.36. The normalized spacial score (nSPS) is 24.4. The van der Waals surface area contributed by atoms with E-state index in [1.165, 1.54) is 0 Å². The zero-order chi connectivity index (χ0) is 14.7. The molecule has 5 heteroatoms. The summed E-state index contributed by atoms with van der Waals surface area (Å²) in [6.45, 7) is 2.54. The molecule has 0 radical (unpaired) electrons. The zero-order valence-electron chi connectivity index (χ0n) is 12.0. The van der Waals surface area contributed by atoms with Crippen molar-refractivity contribution in [3.63, 3.8) is 0 Å². The number of hydrogen-bond acceptors (Lipinski definition) is 3. The van der Waals surface area contributed by atoms with Gasteiger partial charge in [0.25, 0.3) is 0 Å². The van der Waals surface area contributed by atoms with Crippen LogP contribution in [0.4, 0.5) is 0 Å². The minimum atomic E-state index is -0.0208. The van der Waals surface area contributed by atoms with Crippen LogP contribution in [-0.4, -0.2) is 43.0 Å². The Kier molecular flexibility index (Phi) is 3.82. The lowest BCUT2D eigenvalue weighted by atomic mass is 9.86. The SMILES string of the molecule is O=C1CC2(CCN(C(=O)CCOc3ccccc3)C2)CN1. The van der Waals surface area contributed by atoms with Gasteiger partial charge < -0.3 is 15.0 Å². The predicted molar refractivity (Wildman–Crippen MR) is 77.8 cm³/mol. The van der Waals surface area contributed by atoms with Crippen LogP contribution in [0.15, 0.2) is 30.3 Å². The number of carbonyl (C=O) groups is 2. The highest BCUT2D eigenvalue weighted by molar-refractivity contribution is 5.80. The average Bonchev–Trinajstić information content (AvgIpc) is 3.07. The van der Waals surface area contributed by atoms with E-state index < -0.39 is 0 Å². The Labute approximate surface area is 124 Å². The average molecular weight is 288 g/mol. The molecular weight excluding hydrogens is 268 g/mol. The van der Waals surface area contributed by atoms with Crippen LogP contribution in [0.25, 0.3) is 0 Å². The van der Waals surface area contributed by atoms with E-state index in [4.69, 9.17) is 4.74 Å². The molecule has 1 aromatic carbocycles. The second-order valence-electron chi connectivity index (χ2n) is 5.93. The maximum Gasteiger partial charge on any atom is 0.226 e. The van der Waals surface area contributed by atoms with Gasteiger partial charge in [-0.2, -0.15) is 0 Å². The van der Waals surface area contributed by atoms with Gasteiger partial charge in [-0.1, -0.05) is 18.2 Å². The molecule has 0 saturated carbocycles. The molecule has 2 saturated heterocycles. The molecule has 1 atom stereocenters. The van der Waals surface area contributed by atoms with Crippen molar-refractivity contribution in [2.24, 2.45) is 5.41 Å². The molecule has 1 aromatic rings. The summed E-state index contributed by atoms with van der Waals surface area (Å²) < 4.78 is 5.56. The Hall–Kier alpha value is -2.04. The summed E-state index contributed by atoms with van der Waals surface area (Å²) in [5.74, 6) is 1.01. The van der Waals surface area contributed by atoms with Crippen LogP contribution in [0.2, 0.25) is 0 Å². The van der Waals surface area contributed by atoms with Gasteiger partial charge in [0.1, 0.15) is 5.75 Å². The smallest absolute Gasteiger partial charge is 0.226 e. The minimum absolute atomic E-state index is 0.0208. The van der Waals surface area contributed by atoms with E-state index in [-0.39, 0.29) is 17.2 Å². The van der Waals surface area contributed by atoms with Gasteiger partial charge in [-0.15, -0.1) is 0 Å². The Bertz CT molecular complexity index is 532. The number of nitrogens with one attached hydrogen (secondary N) is 1. The second-order valence-corrected chi connectivity index (χ2v) is 5.93. The molecule has 2 fully saturated rings. The summed E-state index contributed by atoms with van der Waals surface area (Å²) in [5.41, 5.74) is -0.0208. The van der Waals surface area contributed by atoms with Crippen LogP contribution in [0.3, 0.4) is 0 Å². The van der Waals surface area contributed by atoms with Crippen molar-refractivity contribution in [3.8, 4) is 5.75 Å². The Balaban J connectivity index is 1.45. The predicted octanol–water partition coefficient (Wildman–Crippen LogP) is 1.19. The quantitative estimate of drug-likeness (QED) is 0.905. The molecule has 2 aliphatic rings. The summed E-state index contributed by atoms with van der Waals surface area (Å²) >= 11 is 0. The van der Waals surface area contributed by atoms with Gasteiger partial charge in [0.05, 0.1) is 13.0 Å². The van der Waals surface area contributed by atoms with E-state index in [0.717, 1.165) is 18.7 Å². The Morgan fingerprint density at radius 1 is 1.33 bits per heavy atom. The number of ether oxygens (including phenoxy) is 1. The third kappa shape index (κ3) is 3.17. The highest BCUT2D eigenvalue weighted by Gasteiger charge is 2.44. The number of benzene rings is 1. The van der Waals surface area contributed by atoms with E-state index in [0.29, 0.717) is 32.5 Å². The van der Waals surface area contributed by atoms with Crippen molar-refractivity contribution in [3.05, 3.63) is 30.3 Å². The van der Waals surface area contributed by atoms with Crippen molar-refractivity contribution in [2.75, 3.05) is 26.2 Å². The maximum atomic E-state index is 12.2. The third-order valence-electron chi connectivity index (χ3n) is 4.32. The number of likely N-dealkylation sites (tertiary alicyclic amines) is 1. The number of amides is 2. The van der Waals surface area contributed by atoms with Crippen LogP contribution in [0.5, 0.6) is 5.75 Å². The lowest BCUT2D eigenvalue weighted by Crippen LogP contribution is -2.33. The molecule has 1 spiro atoms. The molecular formula is C16H20N2O3. The topological polar surface area (TPSA) is 58.6 Å². The van der Waals surface area contributed by atoms with E-state index in [2.05, 4.69) is 5.32 Å². The van der Waals surface area contributed by atoms with E-state index >= 15 is 0 Å². The first-order valence-electron chi connectivity index (χ1n) is 7.39. The van der Waals surface area contributed by atoms with E-state index in [1.807, 2.05) is 35.2 Å². The lowest BCUT2D eigenvalue weighted by molar-refractivity contribution is -0.131. The zero-order valence-corrected chi connectivity index (χ0v) is 12.0. The molecule has 0 bridgehead atoms. The maximum absolute atomic E-state index is 12.2. The number of para-hydroxylation sites is 1. The fourth-order valence-corrected chi connectivity index (χ4v) is 3.12. The molecule has 21 heavy (non-hydrogen) atoms. The molecule has 3 rings (SSSR count). The largest absolute Gasteiger partial charge is 0.493 e. The van der Waals surface area contributed by atoms with Gasteiger partial charge in [0.15, 0.2) is 0 Å². The molecule has 5 nitrogen and oxygen atoms in total. The Morgan fingerprint density at radius 3 is 2.86 bits per heavy atom. The molecule has 2 amide bonds. The first-order valence-corrected chi connectivity index (χ1v) is 7.39. The van der Waals surface area contributed by atoms with Crippen molar-refractivity contribution < 1.29 is 14.3 Å². The molecule has 112 valence electrons. The van der Waals surface area contributed by atoms with Gasteiger partial charge in [-0.05, 0) is 18.6 Å². The fraction of sp³-hybridized carbons (Fsp3) is 0.500. The molecule has 0 aromatic heterocycles. The van der Waals surface area contributed by atoms with Gasteiger partial charge >= 0.3 is 0 Å². The van der Waals surface area contributed by atoms with Crippen LogP contribution in [0, 0.1) is 5.41 Å². The Morgan fingerprint density at radius 2 is 2.14 bits per heavy atom. The number of hydrogen-bond donors (Lipinski definition) is 1. The summed E-state index contributed by atoms with van der Waals surface area (Å²) in [7, 11) is 0. The van der Waals surface area contributed by atoms with E-state index in [1.54, 1.807) is 0 Å². The number of carbonyl (C=O) groups excluding carboxylic acids is 2. The first-order chi connectivity index (χ1) is 10.2. The van der Waals surface area contributed by atoms with Crippen LogP contribution >= 0.6 is 0 Å². The van der Waals surface area contributed by atoms with Crippen molar-refractivity contribution in [1.29, 1.82) is 0 Å². The van der Waals surface area contributed by atoms with Crippen LogP contribution in [-0.2, 0) is 9.59 Å². The molecule has 1 unspecified atom stereocenters. The standard InChI is InChI=1S/C16H20N2O3/c19-14-10-16(11-17-14)7-8-18(12-16)15(20)6-9-21-13-4-2-1-3-5-13/h1-5H,6-12H2,(H,17,19). The fourth-order valence-electron chi connectivity index (χ4n) is 3.12. The summed E-state index contributed by atoms with van der Waals surface area (Å²) in [5, 5.41) is 2.87. The van der Waals surface area contributed by atoms with Crippen molar-refractivity contribution in [1.82, 2.24) is 10.2 Å². The van der Waals surface area contributed by atoms with Crippen LogP contribution < -0.4 is 10.1 Å². The monoisotopic (exact) mass is 288 g/mol. The minimum Gasteiger partial charge on any atom is -0.493 e.